The maximum absolute atomic E-state index is 2.34. The minimum Gasteiger partial charge on any atom is -0.0654 e. The lowest BCUT2D eigenvalue weighted by atomic mass is 10.0. The van der Waals surface area contributed by atoms with Gasteiger partial charge in [-0.3, -0.25) is 0 Å². The van der Waals surface area contributed by atoms with E-state index < -0.39 is 7.26 Å². The molecule has 0 saturated carbocycles. The van der Waals surface area contributed by atoms with E-state index in [1.54, 1.807) is 50.3 Å². The average Bonchev–Trinajstić information content (AvgIpc) is 3.27. The van der Waals surface area contributed by atoms with Crippen LogP contribution >= 0.6 is 7.26 Å². The molecule has 1 heteroatoms. The largest absolute Gasteiger partial charge is 0.0654 e. The predicted octanol–water partition coefficient (Wildman–Crippen LogP) is 23.4. The first-order valence-electron chi connectivity index (χ1n) is 30.1. The maximum atomic E-state index is 2.34. The van der Waals surface area contributed by atoms with Crippen molar-refractivity contribution in [1.29, 1.82) is 0 Å². The van der Waals surface area contributed by atoms with Crippen molar-refractivity contribution in [2.45, 2.75) is 362 Å². The summed E-state index contributed by atoms with van der Waals surface area (Å²) in [5.74, 6) is 0. The molecule has 0 aliphatic heterocycles. The first kappa shape index (κ1) is 61.4. The molecule has 0 unspecified atom stereocenters. The molecule has 0 aromatic rings. The van der Waals surface area contributed by atoms with Crippen LogP contribution in [0.3, 0.4) is 0 Å². The number of hydrogen-bond acceptors (Lipinski definition) is 0. The van der Waals surface area contributed by atoms with Crippen molar-refractivity contribution in [2.24, 2.45) is 0 Å². The van der Waals surface area contributed by atoms with E-state index in [1.807, 2.05) is 0 Å². The average molecular weight is 877 g/mol. The van der Waals surface area contributed by atoms with Crippen molar-refractivity contribution in [3.63, 3.8) is 0 Å². The first-order valence-corrected chi connectivity index (χ1v) is 32.6. The molecule has 0 amide bonds. The second-order valence-corrected chi connectivity index (χ2v) is 25.7. The van der Waals surface area contributed by atoms with Gasteiger partial charge in [0.25, 0.3) is 0 Å². The van der Waals surface area contributed by atoms with Crippen molar-refractivity contribution >= 4 is 7.26 Å². The van der Waals surface area contributed by atoms with Gasteiger partial charge >= 0.3 is 0 Å². The zero-order chi connectivity index (χ0) is 44.1. The minimum atomic E-state index is -0.824. The fourth-order valence-electron chi connectivity index (χ4n) is 10.5. The molecule has 368 valence electrons. The Balaban J connectivity index is 4.88. The molecule has 61 heavy (non-hydrogen) atoms. The third kappa shape index (κ3) is 49.7. The van der Waals surface area contributed by atoms with Gasteiger partial charge < -0.3 is 0 Å². The highest BCUT2D eigenvalue weighted by Gasteiger charge is 2.35. The molecule has 0 fully saturated rings. The Bertz CT molecular complexity index is 674. The van der Waals surface area contributed by atoms with E-state index in [-0.39, 0.29) is 0 Å². The standard InChI is InChI=1S/C60H124P/c1-5-9-13-17-21-25-29-33-34-35-36-40-44-48-52-56-60-61(57-53-49-45-41-37-30-26-22-18-14-10-6-2,58-54-50-46-42-38-31-27-23-19-15-11-7-3)59-55-51-47-43-39-32-28-24-20-16-12-8-4/h5-60H2,1-4H3/q+1. The van der Waals surface area contributed by atoms with Crippen LogP contribution in [0.2, 0.25) is 0 Å². The molecule has 0 saturated heterocycles. The van der Waals surface area contributed by atoms with Gasteiger partial charge in [-0.15, -0.1) is 0 Å². The highest BCUT2D eigenvalue weighted by molar-refractivity contribution is 7.75. The van der Waals surface area contributed by atoms with E-state index in [2.05, 4.69) is 27.7 Å². The van der Waals surface area contributed by atoms with Crippen LogP contribution in [0.5, 0.6) is 0 Å². The summed E-state index contributed by atoms with van der Waals surface area (Å²) in [5.41, 5.74) is 0. The SMILES string of the molecule is CCCCCCCCCCCCCCCCCC[P+](CCCCCCCCCCCCCC)(CCCCCCCCCCCCCC)CCCCCCCCCCCCCC. The van der Waals surface area contributed by atoms with Gasteiger partial charge in [-0.25, -0.2) is 0 Å². The summed E-state index contributed by atoms with van der Waals surface area (Å²) in [6, 6.07) is 0. The number of hydrogen-bond donors (Lipinski definition) is 0. The van der Waals surface area contributed by atoms with Crippen molar-refractivity contribution in [3.05, 3.63) is 0 Å². The van der Waals surface area contributed by atoms with E-state index in [0.717, 1.165) is 0 Å². The number of rotatable bonds is 56. The third-order valence-electron chi connectivity index (χ3n) is 14.9. The van der Waals surface area contributed by atoms with Crippen molar-refractivity contribution in [1.82, 2.24) is 0 Å². The lowest BCUT2D eigenvalue weighted by Crippen LogP contribution is -2.13. The van der Waals surface area contributed by atoms with Crippen LogP contribution in [0.25, 0.3) is 0 Å². The molecule has 0 atom stereocenters. The molecular formula is C60H124P+. The molecule has 0 nitrogen and oxygen atoms in total. The summed E-state index contributed by atoms with van der Waals surface area (Å²) >= 11 is 0. The monoisotopic (exact) mass is 876 g/mol. The summed E-state index contributed by atoms with van der Waals surface area (Å²) < 4.78 is 0. The molecule has 0 aromatic heterocycles. The second-order valence-electron chi connectivity index (χ2n) is 21.2. The molecule has 0 N–H and O–H groups in total. The summed E-state index contributed by atoms with van der Waals surface area (Å²) in [6.45, 7) is 9.35. The Morgan fingerprint density at radius 3 is 0.344 bits per heavy atom. The van der Waals surface area contributed by atoms with Gasteiger partial charge in [0, 0.05) is 7.26 Å². The third-order valence-corrected chi connectivity index (χ3v) is 20.0. The van der Waals surface area contributed by atoms with Crippen molar-refractivity contribution in [2.75, 3.05) is 24.6 Å². The van der Waals surface area contributed by atoms with Gasteiger partial charge in [0.2, 0.25) is 0 Å². The van der Waals surface area contributed by atoms with Crippen LogP contribution in [-0.4, -0.2) is 24.6 Å². The summed E-state index contributed by atoms with van der Waals surface area (Å²) in [6.07, 6.45) is 84.3. The van der Waals surface area contributed by atoms with Crippen LogP contribution in [-0.2, 0) is 0 Å². The molecule has 0 spiro atoms. The Hall–Kier alpha value is 0.430. The number of unbranched alkanes of at least 4 members (excludes halogenated alkanes) is 48. The zero-order valence-corrected chi connectivity index (χ0v) is 44.9. The van der Waals surface area contributed by atoms with Gasteiger partial charge in [-0.1, -0.05) is 310 Å². The summed E-state index contributed by atoms with van der Waals surface area (Å²) in [4.78, 5) is 0. The van der Waals surface area contributed by atoms with E-state index >= 15 is 0 Å². The molecule has 0 rings (SSSR count). The topological polar surface area (TPSA) is 0 Å². The van der Waals surface area contributed by atoms with Gasteiger partial charge in [-0.2, -0.15) is 0 Å². The van der Waals surface area contributed by atoms with Crippen LogP contribution in [0.1, 0.15) is 362 Å². The summed E-state index contributed by atoms with van der Waals surface area (Å²) in [7, 11) is -0.824. The fraction of sp³-hybridized carbons (Fsp3) is 1.00. The second kappa shape index (κ2) is 54.8. The van der Waals surface area contributed by atoms with E-state index in [0.29, 0.717) is 0 Å². The van der Waals surface area contributed by atoms with Gasteiger partial charge in [-0.05, 0) is 51.4 Å². The maximum Gasteiger partial charge on any atom is 0.0594 e. The van der Waals surface area contributed by atoms with E-state index in [4.69, 9.17) is 0 Å². The molecule has 0 aliphatic carbocycles. The highest BCUT2D eigenvalue weighted by Crippen LogP contribution is 2.61. The highest BCUT2D eigenvalue weighted by atomic mass is 31.2. The summed E-state index contributed by atoms with van der Waals surface area (Å²) in [5, 5.41) is 0. The van der Waals surface area contributed by atoms with Crippen LogP contribution in [0, 0.1) is 0 Å². The Kier molecular flexibility index (Phi) is 55.1. The lowest BCUT2D eigenvalue weighted by molar-refractivity contribution is 0.531. The Labute approximate surface area is 391 Å². The van der Waals surface area contributed by atoms with Crippen LogP contribution in [0.4, 0.5) is 0 Å². The molecule has 0 aliphatic rings. The Morgan fingerprint density at radius 2 is 0.230 bits per heavy atom. The van der Waals surface area contributed by atoms with E-state index in [1.165, 1.54) is 308 Å². The molecular weight excluding hydrogens is 752 g/mol. The van der Waals surface area contributed by atoms with Crippen molar-refractivity contribution in [3.8, 4) is 0 Å². The van der Waals surface area contributed by atoms with Crippen molar-refractivity contribution < 1.29 is 0 Å². The van der Waals surface area contributed by atoms with Gasteiger partial charge in [0.05, 0.1) is 24.6 Å². The quantitative estimate of drug-likeness (QED) is 0.0422. The Morgan fingerprint density at radius 1 is 0.131 bits per heavy atom. The lowest BCUT2D eigenvalue weighted by Gasteiger charge is -2.28. The van der Waals surface area contributed by atoms with Crippen LogP contribution < -0.4 is 0 Å². The fourth-order valence-corrected chi connectivity index (χ4v) is 15.5. The zero-order valence-electron chi connectivity index (χ0n) is 44.0. The first-order chi connectivity index (χ1) is 30.2. The van der Waals surface area contributed by atoms with Gasteiger partial charge in [0.1, 0.15) is 0 Å². The smallest absolute Gasteiger partial charge is 0.0594 e. The molecule has 0 radical (unpaired) electrons. The van der Waals surface area contributed by atoms with Gasteiger partial charge in [0.15, 0.2) is 0 Å². The van der Waals surface area contributed by atoms with Crippen LogP contribution in [0.15, 0.2) is 0 Å². The normalized spacial score (nSPS) is 12.0. The predicted molar refractivity (Wildman–Crippen MR) is 289 cm³/mol. The molecule has 0 bridgehead atoms. The molecule has 0 heterocycles. The minimum absolute atomic E-state index is 0.824. The molecule has 0 aromatic carbocycles. The van der Waals surface area contributed by atoms with E-state index in [9.17, 15) is 0 Å².